The molecule has 1 aromatic carbocycles. The third kappa shape index (κ3) is 3.70. The van der Waals surface area contributed by atoms with Crippen molar-refractivity contribution in [2.75, 3.05) is 0 Å². The summed E-state index contributed by atoms with van der Waals surface area (Å²) in [5.74, 6) is 1.80. The van der Waals surface area contributed by atoms with E-state index in [1.165, 1.54) is 0 Å². The van der Waals surface area contributed by atoms with Gasteiger partial charge in [-0.2, -0.15) is 0 Å². The van der Waals surface area contributed by atoms with Crippen molar-refractivity contribution in [2.24, 2.45) is 0 Å². The molecule has 1 N–H and O–H groups in total. The molecule has 0 fully saturated rings. The van der Waals surface area contributed by atoms with Crippen LogP contribution in [0, 0.1) is 11.6 Å². The van der Waals surface area contributed by atoms with E-state index < -0.39 is 0 Å². The summed E-state index contributed by atoms with van der Waals surface area (Å²) >= 11 is 5.40. The highest BCUT2D eigenvalue weighted by molar-refractivity contribution is 7.71. The first-order valence-electron chi connectivity index (χ1n) is 7.38. The van der Waals surface area contributed by atoms with Crippen LogP contribution in [0.3, 0.4) is 0 Å². The number of aryl methyl sites for hydroxylation is 1. The predicted octanol–water partition coefficient (Wildman–Crippen LogP) is 4.85. The Labute approximate surface area is 131 Å². The highest BCUT2D eigenvalue weighted by Gasteiger charge is 2.12. The molecule has 0 saturated carbocycles. The molecule has 112 valence electrons. The van der Waals surface area contributed by atoms with Crippen molar-refractivity contribution in [2.45, 2.75) is 46.6 Å². The Hall–Kier alpha value is -1.68. The highest BCUT2D eigenvalue weighted by Crippen LogP contribution is 2.31. The third-order valence-corrected chi connectivity index (χ3v) is 3.60. The van der Waals surface area contributed by atoms with E-state index in [1.54, 1.807) is 0 Å². The quantitative estimate of drug-likeness (QED) is 0.802. The molecule has 0 aliphatic carbocycles. The second kappa shape index (κ2) is 6.85. The first-order chi connectivity index (χ1) is 10.0. The maximum atomic E-state index is 5.92. The zero-order valence-corrected chi connectivity index (χ0v) is 13.9. The van der Waals surface area contributed by atoms with Gasteiger partial charge in [-0.05, 0) is 39.3 Å². The fourth-order valence-electron chi connectivity index (χ4n) is 2.23. The van der Waals surface area contributed by atoms with Gasteiger partial charge in [-0.15, -0.1) is 0 Å². The maximum absolute atomic E-state index is 5.92. The minimum absolute atomic E-state index is 0.131. The van der Waals surface area contributed by atoms with Gasteiger partial charge in [0, 0.05) is 17.5 Å². The van der Waals surface area contributed by atoms with Gasteiger partial charge in [-0.3, -0.25) is 0 Å². The van der Waals surface area contributed by atoms with Crippen molar-refractivity contribution in [1.29, 1.82) is 0 Å². The van der Waals surface area contributed by atoms with Gasteiger partial charge in [0.25, 0.3) is 0 Å². The number of ether oxygens (including phenoxy) is 1. The average Bonchev–Trinajstić information content (AvgIpc) is 2.43. The number of aromatic nitrogens is 2. The van der Waals surface area contributed by atoms with Crippen molar-refractivity contribution in [3.05, 3.63) is 40.3 Å². The standard InChI is InChI=1S/C17H22N2OS/c1-5-8-15-18-16(12(4)17(21)19-15)13-9-6-7-10-14(13)20-11(2)3/h6-7,9-11H,5,8H2,1-4H3,(H,18,19,21). The van der Waals surface area contributed by atoms with Crippen LogP contribution in [0.2, 0.25) is 0 Å². The van der Waals surface area contributed by atoms with Crippen LogP contribution in [0.1, 0.15) is 38.6 Å². The molecule has 0 amide bonds. The smallest absolute Gasteiger partial charge is 0.133 e. The lowest BCUT2D eigenvalue weighted by Gasteiger charge is -2.16. The molecule has 4 heteroatoms. The normalized spacial score (nSPS) is 10.9. The lowest BCUT2D eigenvalue weighted by atomic mass is 10.1. The van der Waals surface area contributed by atoms with Gasteiger partial charge in [0.15, 0.2) is 0 Å². The molecular weight excluding hydrogens is 280 g/mol. The van der Waals surface area contributed by atoms with E-state index in [0.29, 0.717) is 4.64 Å². The van der Waals surface area contributed by atoms with Crippen LogP contribution in [0.25, 0.3) is 11.3 Å². The molecule has 0 atom stereocenters. The number of benzene rings is 1. The van der Waals surface area contributed by atoms with Crippen molar-refractivity contribution in [3.63, 3.8) is 0 Å². The molecule has 0 saturated heterocycles. The molecule has 21 heavy (non-hydrogen) atoms. The molecule has 0 aliphatic heterocycles. The molecule has 2 aromatic rings. The lowest BCUT2D eigenvalue weighted by Crippen LogP contribution is -2.07. The molecule has 0 bridgehead atoms. The van der Waals surface area contributed by atoms with Crippen molar-refractivity contribution in [3.8, 4) is 17.0 Å². The predicted molar refractivity (Wildman–Crippen MR) is 89.4 cm³/mol. The molecule has 0 aliphatic rings. The van der Waals surface area contributed by atoms with Crippen molar-refractivity contribution in [1.82, 2.24) is 9.97 Å². The topological polar surface area (TPSA) is 37.9 Å². The Balaban J connectivity index is 2.58. The Kier molecular flexibility index (Phi) is 5.12. The molecule has 2 rings (SSSR count). The number of H-pyrrole nitrogens is 1. The highest BCUT2D eigenvalue weighted by atomic mass is 32.1. The summed E-state index contributed by atoms with van der Waals surface area (Å²) in [5, 5.41) is 0. The van der Waals surface area contributed by atoms with Crippen LogP contribution in [-0.4, -0.2) is 16.1 Å². The molecule has 3 nitrogen and oxygen atoms in total. The summed E-state index contributed by atoms with van der Waals surface area (Å²) in [7, 11) is 0. The summed E-state index contributed by atoms with van der Waals surface area (Å²) in [5.41, 5.74) is 3.04. The Morgan fingerprint density at radius 2 is 2.00 bits per heavy atom. The van der Waals surface area contributed by atoms with Gasteiger partial charge in [0.05, 0.1) is 11.8 Å². The van der Waals surface area contributed by atoms with Gasteiger partial charge in [0.1, 0.15) is 16.2 Å². The molecule has 0 spiro atoms. The zero-order valence-electron chi connectivity index (χ0n) is 13.1. The van der Waals surface area contributed by atoms with Crippen LogP contribution in [-0.2, 0) is 6.42 Å². The van der Waals surface area contributed by atoms with Crippen LogP contribution >= 0.6 is 12.2 Å². The van der Waals surface area contributed by atoms with Crippen LogP contribution in [0.5, 0.6) is 5.75 Å². The van der Waals surface area contributed by atoms with Crippen molar-refractivity contribution >= 4 is 12.2 Å². The number of hydrogen-bond acceptors (Lipinski definition) is 3. The minimum atomic E-state index is 0.131. The van der Waals surface area contributed by atoms with Gasteiger partial charge < -0.3 is 9.72 Å². The fraction of sp³-hybridized carbons (Fsp3) is 0.412. The first kappa shape index (κ1) is 15.7. The third-order valence-electron chi connectivity index (χ3n) is 3.21. The van der Waals surface area contributed by atoms with Gasteiger partial charge in [0.2, 0.25) is 0 Å². The Morgan fingerprint density at radius 3 is 2.67 bits per heavy atom. The second-order valence-electron chi connectivity index (χ2n) is 5.40. The molecule has 1 heterocycles. The Morgan fingerprint density at radius 1 is 1.29 bits per heavy atom. The largest absolute Gasteiger partial charge is 0.490 e. The number of hydrogen-bond donors (Lipinski definition) is 1. The minimum Gasteiger partial charge on any atom is -0.490 e. The molecule has 1 aromatic heterocycles. The number of rotatable bonds is 5. The van der Waals surface area contributed by atoms with E-state index >= 15 is 0 Å². The monoisotopic (exact) mass is 302 g/mol. The van der Waals surface area contributed by atoms with E-state index in [1.807, 2.05) is 39.0 Å². The number of nitrogens with one attached hydrogen (secondary N) is 1. The maximum Gasteiger partial charge on any atom is 0.133 e. The van der Waals surface area contributed by atoms with E-state index in [2.05, 4.69) is 23.0 Å². The zero-order chi connectivity index (χ0) is 15.4. The molecule has 0 unspecified atom stereocenters. The average molecular weight is 302 g/mol. The SMILES string of the molecule is CCCc1nc(=S)c(C)c(-c2ccccc2OC(C)C)[nH]1. The summed E-state index contributed by atoms with van der Waals surface area (Å²) < 4.78 is 6.58. The van der Waals surface area contributed by atoms with E-state index in [4.69, 9.17) is 17.0 Å². The number of nitrogens with zero attached hydrogens (tertiary/aromatic N) is 1. The van der Waals surface area contributed by atoms with Crippen LogP contribution in [0.4, 0.5) is 0 Å². The van der Waals surface area contributed by atoms with Crippen molar-refractivity contribution < 1.29 is 4.74 Å². The van der Waals surface area contributed by atoms with Gasteiger partial charge >= 0.3 is 0 Å². The number of aromatic amines is 1. The Bertz CT molecular complexity index is 677. The molecular formula is C17H22N2OS. The number of para-hydroxylation sites is 1. The van der Waals surface area contributed by atoms with Crippen LogP contribution in [0.15, 0.2) is 24.3 Å². The summed E-state index contributed by atoms with van der Waals surface area (Å²) in [6.45, 7) is 8.19. The summed E-state index contributed by atoms with van der Waals surface area (Å²) in [6, 6.07) is 8.05. The van der Waals surface area contributed by atoms with E-state index in [9.17, 15) is 0 Å². The fourth-order valence-corrected chi connectivity index (χ4v) is 2.45. The summed E-state index contributed by atoms with van der Waals surface area (Å²) in [4.78, 5) is 7.88. The molecule has 0 radical (unpaired) electrons. The van der Waals surface area contributed by atoms with Gasteiger partial charge in [-0.1, -0.05) is 31.3 Å². The summed E-state index contributed by atoms with van der Waals surface area (Å²) in [6.07, 6.45) is 2.06. The van der Waals surface area contributed by atoms with E-state index in [0.717, 1.165) is 41.2 Å². The van der Waals surface area contributed by atoms with Crippen LogP contribution < -0.4 is 4.74 Å². The first-order valence-corrected chi connectivity index (χ1v) is 7.79. The second-order valence-corrected chi connectivity index (χ2v) is 5.79. The van der Waals surface area contributed by atoms with Gasteiger partial charge in [-0.25, -0.2) is 4.98 Å². The lowest BCUT2D eigenvalue weighted by molar-refractivity contribution is 0.243. The van der Waals surface area contributed by atoms with E-state index in [-0.39, 0.29) is 6.10 Å².